The molecule has 0 aromatic carbocycles. The maximum atomic E-state index is 12.8. The highest BCUT2D eigenvalue weighted by Crippen LogP contribution is 2.33. The van der Waals surface area contributed by atoms with Gasteiger partial charge in [0, 0.05) is 12.5 Å². The number of likely N-dealkylation sites (tertiary alicyclic amines) is 1. The highest BCUT2D eigenvalue weighted by Gasteiger charge is 2.35. The zero-order valence-corrected chi connectivity index (χ0v) is 13.8. The SMILES string of the molecule is CCc1nnsc1C(=O)N1CCC[C@H]1c1noc(C(C)C)n1. The Morgan fingerprint density at radius 1 is 1.50 bits per heavy atom. The number of carbonyl (C=O) groups is 1. The lowest BCUT2D eigenvalue weighted by atomic mass is 10.2. The first-order valence-electron chi connectivity index (χ1n) is 7.57. The van der Waals surface area contributed by atoms with Gasteiger partial charge in [0.05, 0.1) is 11.7 Å². The Morgan fingerprint density at radius 3 is 3.00 bits per heavy atom. The van der Waals surface area contributed by atoms with E-state index in [1.807, 2.05) is 25.7 Å². The predicted molar refractivity (Wildman–Crippen MR) is 80.7 cm³/mol. The molecular formula is C14H19N5O2S. The molecule has 2 aromatic rings. The van der Waals surface area contributed by atoms with E-state index in [9.17, 15) is 4.79 Å². The number of aromatic nitrogens is 4. The van der Waals surface area contributed by atoms with Gasteiger partial charge < -0.3 is 9.42 Å². The summed E-state index contributed by atoms with van der Waals surface area (Å²) >= 11 is 1.16. The van der Waals surface area contributed by atoms with Crippen molar-refractivity contribution < 1.29 is 9.32 Å². The molecule has 8 heteroatoms. The molecule has 1 atom stereocenters. The number of hydrogen-bond donors (Lipinski definition) is 0. The minimum Gasteiger partial charge on any atom is -0.339 e. The van der Waals surface area contributed by atoms with Crippen LogP contribution in [0.3, 0.4) is 0 Å². The van der Waals surface area contributed by atoms with Gasteiger partial charge in [-0.3, -0.25) is 4.79 Å². The maximum absolute atomic E-state index is 12.8. The van der Waals surface area contributed by atoms with Gasteiger partial charge in [-0.05, 0) is 30.8 Å². The Labute approximate surface area is 132 Å². The topological polar surface area (TPSA) is 85.0 Å². The molecule has 1 amide bonds. The van der Waals surface area contributed by atoms with E-state index in [0.717, 1.165) is 30.1 Å². The largest absolute Gasteiger partial charge is 0.339 e. The van der Waals surface area contributed by atoms with Crippen LogP contribution in [0.15, 0.2) is 4.52 Å². The number of rotatable bonds is 4. The van der Waals surface area contributed by atoms with E-state index in [4.69, 9.17) is 4.52 Å². The van der Waals surface area contributed by atoms with Crippen molar-refractivity contribution in [2.24, 2.45) is 0 Å². The molecule has 2 aromatic heterocycles. The molecule has 0 aliphatic carbocycles. The quantitative estimate of drug-likeness (QED) is 0.860. The molecule has 0 spiro atoms. The summed E-state index contributed by atoms with van der Waals surface area (Å²) in [6.45, 7) is 6.69. The lowest BCUT2D eigenvalue weighted by Gasteiger charge is -2.21. The summed E-state index contributed by atoms with van der Waals surface area (Å²) < 4.78 is 9.19. The van der Waals surface area contributed by atoms with Crippen molar-refractivity contribution >= 4 is 17.4 Å². The van der Waals surface area contributed by atoms with E-state index in [1.165, 1.54) is 0 Å². The number of carbonyl (C=O) groups excluding carboxylic acids is 1. The highest BCUT2D eigenvalue weighted by molar-refractivity contribution is 7.08. The Hall–Kier alpha value is -1.83. The Bertz CT molecular complexity index is 666. The number of aryl methyl sites for hydroxylation is 1. The van der Waals surface area contributed by atoms with Gasteiger partial charge >= 0.3 is 0 Å². The summed E-state index contributed by atoms with van der Waals surface area (Å²) in [4.78, 5) is 19.7. The van der Waals surface area contributed by atoms with Gasteiger partial charge in [-0.25, -0.2) is 0 Å². The fourth-order valence-corrected chi connectivity index (χ4v) is 3.34. The van der Waals surface area contributed by atoms with Gasteiger partial charge in [-0.15, -0.1) is 5.10 Å². The second-order valence-electron chi connectivity index (χ2n) is 5.70. The number of amides is 1. The Balaban J connectivity index is 1.85. The molecule has 118 valence electrons. The van der Waals surface area contributed by atoms with Crippen LogP contribution in [-0.4, -0.2) is 37.1 Å². The van der Waals surface area contributed by atoms with Crippen molar-refractivity contribution in [2.75, 3.05) is 6.54 Å². The molecule has 0 unspecified atom stereocenters. The molecule has 0 radical (unpaired) electrons. The predicted octanol–water partition coefficient (Wildman–Crippen LogP) is 2.58. The second-order valence-corrected chi connectivity index (χ2v) is 6.46. The van der Waals surface area contributed by atoms with Crippen LogP contribution in [0.4, 0.5) is 0 Å². The fourth-order valence-electron chi connectivity index (χ4n) is 2.63. The second kappa shape index (κ2) is 6.12. The monoisotopic (exact) mass is 321 g/mol. The van der Waals surface area contributed by atoms with Crippen molar-refractivity contribution in [3.8, 4) is 0 Å². The van der Waals surface area contributed by atoms with Gasteiger partial charge in [0.25, 0.3) is 5.91 Å². The van der Waals surface area contributed by atoms with Gasteiger partial charge in [0.1, 0.15) is 4.88 Å². The van der Waals surface area contributed by atoms with Crippen LogP contribution in [0.5, 0.6) is 0 Å². The van der Waals surface area contributed by atoms with Crippen LogP contribution in [0, 0.1) is 0 Å². The number of nitrogens with zero attached hydrogens (tertiary/aromatic N) is 5. The summed E-state index contributed by atoms with van der Waals surface area (Å²) in [5.74, 6) is 1.38. The van der Waals surface area contributed by atoms with Gasteiger partial charge in [0.2, 0.25) is 5.89 Å². The average molecular weight is 321 g/mol. The lowest BCUT2D eigenvalue weighted by Crippen LogP contribution is -2.31. The van der Waals surface area contributed by atoms with Crippen LogP contribution in [-0.2, 0) is 6.42 Å². The summed E-state index contributed by atoms with van der Waals surface area (Å²) in [5.41, 5.74) is 0.761. The van der Waals surface area contributed by atoms with E-state index in [-0.39, 0.29) is 17.9 Å². The molecule has 0 saturated carbocycles. The zero-order valence-electron chi connectivity index (χ0n) is 12.9. The van der Waals surface area contributed by atoms with Crippen molar-refractivity contribution in [2.45, 2.75) is 52.0 Å². The molecule has 0 bridgehead atoms. The molecule has 1 aliphatic heterocycles. The minimum atomic E-state index is -0.115. The summed E-state index contributed by atoms with van der Waals surface area (Å²) in [6.07, 6.45) is 2.50. The highest BCUT2D eigenvalue weighted by atomic mass is 32.1. The molecule has 7 nitrogen and oxygen atoms in total. The first-order chi connectivity index (χ1) is 10.6. The molecule has 1 saturated heterocycles. The molecule has 22 heavy (non-hydrogen) atoms. The first-order valence-corrected chi connectivity index (χ1v) is 8.34. The fraction of sp³-hybridized carbons (Fsp3) is 0.643. The third-order valence-corrected chi connectivity index (χ3v) is 4.60. The van der Waals surface area contributed by atoms with Crippen molar-refractivity contribution in [3.63, 3.8) is 0 Å². The van der Waals surface area contributed by atoms with Crippen molar-refractivity contribution in [1.82, 2.24) is 24.6 Å². The van der Waals surface area contributed by atoms with Crippen LogP contribution in [0.25, 0.3) is 0 Å². The van der Waals surface area contributed by atoms with E-state index >= 15 is 0 Å². The number of hydrogen-bond acceptors (Lipinski definition) is 7. The van der Waals surface area contributed by atoms with Crippen LogP contribution in [0.2, 0.25) is 0 Å². The Morgan fingerprint density at radius 2 is 2.32 bits per heavy atom. The zero-order chi connectivity index (χ0) is 15.7. The van der Waals surface area contributed by atoms with Gasteiger partial charge in [-0.2, -0.15) is 4.98 Å². The van der Waals surface area contributed by atoms with Gasteiger partial charge in [0.15, 0.2) is 5.82 Å². The van der Waals surface area contributed by atoms with Crippen LogP contribution >= 0.6 is 11.5 Å². The first kappa shape index (κ1) is 15.1. The van der Waals surface area contributed by atoms with E-state index < -0.39 is 0 Å². The minimum absolute atomic E-state index is 0.0229. The molecule has 0 N–H and O–H groups in total. The summed E-state index contributed by atoms with van der Waals surface area (Å²) in [6, 6.07) is -0.115. The third kappa shape index (κ3) is 2.63. The lowest BCUT2D eigenvalue weighted by molar-refractivity contribution is 0.0732. The molecule has 3 heterocycles. The molecule has 3 rings (SSSR count). The van der Waals surface area contributed by atoms with Gasteiger partial charge in [-0.1, -0.05) is 30.4 Å². The molecule has 1 fully saturated rings. The standard InChI is InChI=1S/C14H19N5O2S/c1-4-9-11(22-18-16-9)14(20)19-7-5-6-10(19)12-15-13(8(2)3)21-17-12/h8,10H,4-7H2,1-3H3/t10-/m0/s1. The normalized spacial score (nSPS) is 18.4. The van der Waals surface area contributed by atoms with Crippen molar-refractivity contribution in [3.05, 3.63) is 22.3 Å². The average Bonchev–Trinajstić information content (AvgIpc) is 3.23. The molecular weight excluding hydrogens is 302 g/mol. The molecule has 1 aliphatic rings. The third-order valence-electron chi connectivity index (χ3n) is 3.85. The van der Waals surface area contributed by atoms with Crippen LogP contribution in [0.1, 0.15) is 72.7 Å². The summed E-state index contributed by atoms with van der Waals surface area (Å²) in [7, 11) is 0. The van der Waals surface area contributed by atoms with E-state index in [2.05, 4.69) is 19.7 Å². The van der Waals surface area contributed by atoms with Crippen LogP contribution < -0.4 is 0 Å². The van der Waals surface area contributed by atoms with E-state index in [1.54, 1.807) is 0 Å². The Kier molecular flexibility index (Phi) is 4.19. The maximum Gasteiger partial charge on any atom is 0.268 e. The van der Waals surface area contributed by atoms with E-state index in [0.29, 0.717) is 29.6 Å². The summed E-state index contributed by atoms with van der Waals surface area (Å²) in [5, 5.41) is 8.09. The smallest absolute Gasteiger partial charge is 0.268 e. The van der Waals surface area contributed by atoms with Crippen molar-refractivity contribution in [1.29, 1.82) is 0 Å².